The Kier molecular flexibility index (Phi) is 3.63. The van der Waals surface area contributed by atoms with Gasteiger partial charge in [0.15, 0.2) is 5.65 Å². The molecule has 2 rings (SSSR count). The first-order valence-electron chi connectivity index (χ1n) is 5.50. The lowest BCUT2D eigenvalue weighted by atomic mass is 10.1. The van der Waals surface area contributed by atoms with Gasteiger partial charge in [-0.15, -0.1) is 5.10 Å². The van der Waals surface area contributed by atoms with Crippen LogP contribution in [0.3, 0.4) is 0 Å². The highest BCUT2D eigenvalue weighted by atomic mass is 79.9. The topological polar surface area (TPSA) is 62.5 Å². The molecular formula is C11H15BrN4O. The lowest BCUT2D eigenvalue weighted by Gasteiger charge is -2.13. The fourth-order valence-electron chi connectivity index (χ4n) is 1.36. The third-order valence-electron chi connectivity index (χ3n) is 2.53. The van der Waals surface area contributed by atoms with Crippen molar-refractivity contribution in [3.05, 3.63) is 22.8 Å². The van der Waals surface area contributed by atoms with Gasteiger partial charge in [0.2, 0.25) is 5.95 Å². The molecule has 0 saturated carbocycles. The van der Waals surface area contributed by atoms with E-state index in [-0.39, 0.29) is 5.92 Å². The summed E-state index contributed by atoms with van der Waals surface area (Å²) in [6.45, 7) is 4.40. The second kappa shape index (κ2) is 5.01. The summed E-state index contributed by atoms with van der Waals surface area (Å²) in [5, 5.41) is 17.0. The number of hydrogen-bond acceptors (Lipinski definition) is 4. The van der Waals surface area contributed by atoms with Crippen LogP contribution < -0.4 is 5.32 Å². The zero-order valence-electron chi connectivity index (χ0n) is 9.76. The van der Waals surface area contributed by atoms with E-state index in [1.54, 1.807) is 4.52 Å². The van der Waals surface area contributed by atoms with Crippen molar-refractivity contribution in [2.24, 2.45) is 5.92 Å². The molecule has 17 heavy (non-hydrogen) atoms. The third kappa shape index (κ3) is 2.95. The molecule has 2 aromatic heterocycles. The minimum Gasteiger partial charge on any atom is -0.391 e. The Labute approximate surface area is 108 Å². The van der Waals surface area contributed by atoms with Crippen LogP contribution in [-0.2, 0) is 0 Å². The molecule has 0 aliphatic rings. The molecule has 1 atom stereocenters. The van der Waals surface area contributed by atoms with E-state index in [4.69, 9.17) is 0 Å². The van der Waals surface area contributed by atoms with Crippen LogP contribution in [0.15, 0.2) is 22.8 Å². The maximum atomic E-state index is 9.67. The molecule has 0 saturated heterocycles. The van der Waals surface area contributed by atoms with Crippen molar-refractivity contribution < 1.29 is 5.11 Å². The van der Waals surface area contributed by atoms with Gasteiger partial charge in [0.1, 0.15) is 0 Å². The highest BCUT2D eigenvalue weighted by Gasteiger charge is 2.10. The lowest BCUT2D eigenvalue weighted by Crippen LogP contribution is -2.25. The first-order valence-corrected chi connectivity index (χ1v) is 6.29. The Hall–Kier alpha value is -1.14. The number of hydrogen-bond donors (Lipinski definition) is 2. The Bertz CT molecular complexity index is 511. The summed E-state index contributed by atoms with van der Waals surface area (Å²) >= 11 is 3.37. The number of nitrogens with zero attached hydrogens (tertiary/aromatic N) is 3. The van der Waals surface area contributed by atoms with Crippen LogP contribution in [0.4, 0.5) is 5.95 Å². The van der Waals surface area contributed by atoms with Gasteiger partial charge in [-0.1, -0.05) is 13.8 Å². The molecule has 0 aliphatic heterocycles. The summed E-state index contributed by atoms with van der Waals surface area (Å²) in [4.78, 5) is 4.29. The van der Waals surface area contributed by atoms with Gasteiger partial charge in [0.05, 0.1) is 6.10 Å². The number of aliphatic hydroxyl groups is 1. The van der Waals surface area contributed by atoms with Gasteiger partial charge in [0.25, 0.3) is 0 Å². The molecule has 0 spiro atoms. The van der Waals surface area contributed by atoms with Crippen LogP contribution in [0.1, 0.15) is 13.8 Å². The van der Waals surface area contributed by atoms with Gasteiger partial charge in [-0.2, -0.15) is 4.98 Å². The number of aliphatic hydroxyl groups excluding tert-OH is 1. The smallest absolute Gasteiger partial charge is 0.243 e. The molecule has 0 fully saturated rings. The molecule has 0 amide bonds. The minimum atomic E-state index is -0.395. The van der Waals surface area contributed by atoms with Gasteiger partial charge in [0, 0.05) is 17.2 Å². The second-order valence-electron chi connectivity index (χ2n) is 4.28. The average Bonchev–Trinajstić information content (AvgIpc) is 2.67. The fourth-order valence-corrected chi connectivity index (χ4v) is 1.69. The molecule has 2 heterocycles. The van der Waals surface area contributed by atoms with Crippen LogP contribution in [0.25, 0.3) is 5.65 Å². The highest BCUT2D eigenvalue weighted by Crippen LogP contribution is 2.12. The van der Waals surface area contributed by atoms with Gasteiger partial charge >= 0.3 is 0 Å². The Morgan fingerprint density at radius 3 is 2.94 bits per heavy atom. The van der Waals surface area contributed by atoms with Crippen LogP contribution >= 0.6 is 15.9 Å². The molecular weight excluding hydrogens is 284 g/mol. The lowest BCUT2D eigenvalue weighted by molar-refractivity contribution is 0.137. The monoisotopic (exact) mass is 298 g/mol. The Morgan fingerprint density at radius 1 is 1.47 bits per heavy atom. The average molecular weight is 299 g/mol. The normalized spacial score (nSPS) is 13.2. The van der Waals surface area contributed by atoms with Crippen molar-refractivity contribution in [1.82, 2.24) is 14.6 Å². The van der Waals surface area contributed by atoms with Gasteiger partial charge < -0.3 is 10.4 Å². The molecule has 92 valence electrons. The molecule has 6 heteroatoms. The fraction of sp³-hybridized carbons (Fsp3) is 0.455. The van der Waals surface area contributed by atoms with Crippen LogP contribution in [0, 0.1) is 5.92 Å². The number of anilines is 1. The molecule has 0 aliphatic carbocycles. The van der Waals surface area contributed by atoms with Gasteiger partial charge in [-0.25, -0.2) is 4.52 Å². The van der Waals surface area contributed by atoms with Crippen LogP contribution in [0.5, 0.6) is 0 Å². The SMILES string of the molecule is CC(C)C(O)CNc1nc2ccc(Br)cn2n1. The van der Waals surface area contributed by atoms with Crippen molar-refractivity contribution in [2.75, 3.05) is 11.9 Å². The van der Waals surface area contributed by atoms with Crippen LogP contribution in [0.2, 0.25) is 0 Å². The predicted molar refractivity (Wildman–Crippen MR) is 70.0 cm³/mol. The van der Waals surface area contributed by atoms with E-state index >= 15 is 0 Å². The maximum Gasteiger partial charge on any atom is 0.243 e. The van der Waals surface area contributed by atoms with E-state index in [2.05, 4.69) is 31.3 Å². The maximum absolute atomic E-state index is 9.67. The Balaban J connectivity index is 2.09. The molecule has 2 aromatic rings. The zero-order chi connectivity index (χ0) is 12.4. The van der Waals surface area contributed by atoms with Crippen LogP contribution in [-0.4, -0.2) is 32.4 Å². The summed E-state index contributed by atoms with van der Waals surface area (Å²) in [5.41, 5.74) is 0.773. The van der Waals surface area contributed by atoms with Gasteiger partial charge in [-0.3, -0.25) is 0 Å². The number of halogens is 1. The van der Waals surface area contributed by atoms with Crippen molar-refractivity contribution in [3.63, 3.8) is 0 Å². The number of pyridine rings is 1. The van der Waals surface area contributed by atoms with Crippen molar-refractivity contribution in [2.45, 2.75) is 20.0 Å². The molecule has 1 unspecified atom stereocenters. The Morgan fingerprint density at radius 2 is 2.24 bits per heavy atom. The number of fused-ring (bicyclic) bond motifs is 1. The van der Waals surface area contributed by atoms with E-state index in [1.165, 1.54) is 0 Å². The van der Waals surface area contributed by atoms with E-state index < -0.39 is 6.10 Å². The van der Waals surface area contributed by atoms with Crippen molar-refractivity contribution in [1.29, 1.82) is 0 Å². The molecule has 0 aromatic carbocycles. The van der Waals surface area contributed by atoms with E-state index in [0.29, 0.717) is 12.5 Å². The summed E-state index contributed by atoms with van der Waals surface area (Å²) < 4.78 is 2.64. The predicted octanol–water partition coefficient (Wildman–Crippen LogP) is 1.92. The second-order valence-corrected chi connectivity index (χ2v) is 5.19. The first kappa shape index (κ1) is 12.3. The molecule has 5 nitrogen and oxygen atoms in total. The summed E-state index contributed by atoms with van der Waals surface area (Å²) in [7, 11) is 0. The van der Waals surface area contributed by atoms with E-state index in [9.17, 15) is 5.11 Å². The zero-order valence-corrected chi connectivity index (χ0v) is 11.3. The number of aromatic nitrogens is 3. The van der Waals surface area contributed by atoms with E-state index in [1.807, 2.05) is 32.2 Å². The van der Waals surface area contributed by atoms with Crippen molar-refractivity contribution >= 4 is 27.5 Å². The minimum absolute atomic E-state index is 0.216. The third-order valence-corrected chi connectivity index (χ3v) is 3.00. The quantitative estimate of drug-likeness (QED) is 0.905. The first-order chi connectivity index (χ1) is 8.06. The molecule has 0 radical (unpaired) electrons. The number of nitrogens with one attached hydrogen (secondary N) is 1. The summed E-state index contributed by atoms with van der Waals surface area (Å²) in [6.07, 6.45) is 1.44. The molecule has 2 N–H and O–H groups in total. The summed E-state index contributed by atoms with van der Waals surface area (Å²) in [5.74, 6) is 0.747. The molecule has 0 bridgehead atoms. The van der Waals surface area contributed by atoms with Gasteiger partial charge in [-0.05, 0) is 34.0 Å². The number of rotatable bonds is 4. The van der Waals surface area contributed by atoms with E-state index in [0.717, 1.165) is 10.1 Å². The highest BCUT2D eigenvalue weighted by molar-refractivity contribution is 9.10. The van der Waals surface area contributed by atoms with Crippen molar-refractivity contribution in [3.8, 4) is 0 Å². The largest absolute Gasteiger partial charge is 0.391 e. The summed E-state index contributed by atoms with van der Waals surface area (Å²) in [6, 6.07) is 3.79. The standard InChI is InChI=1S/C11H15BrN4O/c1-7(2)9(17)5-13-11-14-10-4-3-8(12)6-16(10)15-11/h3-4,6-7,9,17H,5H2,1-2H3,(H,13,15).